The highest BCUT2D eigenvalue weighted by Crippen LogP contribution is 2.40. The lowest BCUT2D eigenvalue weighted by atomic mass is 10.1. The summed E-state index contributed by atoms with van der Waals surface area (Å²) in [5, 5.41) is 18.7. The van der Waals surface area contributed by atoms with Crippen LogP contribution in [0.5, 0.6) is 5.88 Å². The number of carbonyl (C=O) groups is 1. The zero-order chi connectivity index (χ0) is 16.6. The molecule has 0 atom stereocenters. The standard InChI is InChI=1S/C16H13BrN4O2/c1-9-6-11(17)7-12-13(16(23)21(2)14(9)12)19-20-15(22)10-4-3-5-18-8-10/h3-8,23H,1-2H3. The third-order valence-electron chi connectivity index (χ3n) is 3.53. The fourth-order valence-corrected chi connectivity index (χ4v) is 3.06. The van der Waals surface area contributed by atoms with Gasteiger partial charge in [-0.1, -0.05) is 15.9 Å². The van der Waals surface area contributed by atoms with E-state index in [1.54, 1.807) is 29.9 Å². The van der Waals surface area contributed by atoms with Gasteiger partial charge in [-0.25, -0.2) is 0 Å². The number of halogens is 1. The summed E-state index contributed by atoms with van der Waals surface area (Å²) in [6, 6.07) is 7.05. The summed E-state index contributed by atoms with van der Waals surface area (Å²) in [6.45, 7) is 1.94. The number of aromatic hydroxyl groups is 1. The van der Waals surface area contributed by atoms with Crippen molar-refractivity contribution >= 4 is 38.4 Å². The Kier molecular flexibility index (Phi) is 3.96. The summed E-state index contributed by atoms with van der Waals surface area (Å²) in [4.78, 5) is 15.9. The Bertz CT molecular complexity index is 932. The number of aromatic nitrogens is 2. The number of pyridine rings is 1. The fourth-order valence-electron chi connectivity index (χ4n) is 2.49. The Hall–Kier alpha value is -2.54. The Morgan fingerprint density at radius 2 is 2.17 bits per heavy atom. The summed E-state index contributed by atoms with van der Waals surface area (Å²) in [5.74, 6) is -0.551. The zero-order valence-corrected chi connectivity index (χ0v) is 14.1. The van der Waals surface area contributed by atoms with Crippen LogP contribution in [0.25, 0.3) is 10.9 Å². The van der Waals surface area contributed by atoms with E-state index in [1.807, 2.05) is 19.1 Å². The predicted molar refractivity (Wildman–Crippen MR) is 90.1 cm³/mol. The summed E-state index contributed by atoms with van der Waals surface area (Å²) in [5.41, 5.74) is 2.43. The van der Waals surface area contributed by atoms with Crippen molar-refractivity contribution in [1.29, 1.82) is 0 Å². The van der Waals surface area contributed by atoms with Gasteiger partial charge in [-0.2, -0.15) is 0 Å². The molecule has 6 nitrogen and oxygen atoms in total. The van der Waals surface area contributed by atoms with Crippen molar-refractivity contribution in [3.8, 4) is 5.88 Å². The van der Waals surface area contributed by atoms with Crippen molar-refractivity contribution in [2.75, 3.05) is 0 Å². The number of benzene rings is 1. The normalized spacial score (nSPS) is 11.4. The molecular weight excluding hydrogens is 360 g/mol. The number of azo groups is 1. The lowest BCUT2D eigenvalue weighted by Gasteiger charge is -2.01. The number of aryl methyl sites for hydroxylation is 2. The van der Waals surface area contributed by atoms with Crippen LogP contribution in [-0.4, -0.2) is 20.6 Å². The predicted octanol–water partition coefficient (Wildman–Crippen LogP) is 4.27. The third kappa shape index (κ3) is 2.75. The highest BCUT2D eigenvalue weighted by molar-refractivity contribution is 9.10. The van der Waals surface area contributed by atoms with Crippen molar-refractivity contribution in [3.05, 3.63) is 52.3 Å². The van der Waals surface area contributed by atoms with E-state index in [-0.39, 0.29) is 11.6 Å². The van der Waals surface area contributed by atoms with E-state index in [9.17, 15) is 9.90 Å². The van der Waals surface area contributed by atoms with Crippen LogP contribution in [0.4, 0.5) is 5.69 Å². The van der Waals surface area contributed by atoms with Crippen molar-refractivity contribution in [1.82, 2.24) is 9.55 Å². The van der Waals surface area contributed by atoms with Crippen molar-refractivity contribution < 1.29 is 9.90 Å². The van der Waals surface area contributed by atoms with Gasteiger partial charge >= 0.3 is 0 Å². The molecule has 3 rings (SSSR count). The first-order chi connectivity index (χ1) is 11.0. The van der Waals surface area contributed by atoms with Crippen molar-refractivity contribution in [2.45, 2.75) is 6.92 Å². The van der Waals surface area contributed by atoms with Gasteiger partial charge in [-0.3, -0.25) is 9.78 Å². The van der Waals surface area contributed by atoms with E-state index in [2.05, 4.69) is 31.1 Å². The van der Waals surface area contributed by atoms with E-state index in [0.29, 0.717) is 5.56 Å². The van der Waals surface area contributed by atoms with Crippen LogP contribution in [0.1, 0.15) is 15.9 Å². The van der Waals surface area contributed by atoms with Gasteiger partial charge in [-0.15, -0.1) is 10.2 Å². The molecule has 0 radical (unpaired) electrons. The molecule has 0 bridgehead atoms. The second kappa shape index (κ2) is 5.92. The lowest BCUT2D eigenvalue weighted by molar-refractivity contribution is 0.0994. The molecule has 0 fully saturated rings. The first-order valence-electron chi connectivity index (χ1n) is 6.82. The maximum absolute atomic E-state index is 12.0. The second-order valence-electron chi connectivity index (χ2n) is 5.10. The van der Waals surface area contributed by atoms with E-state index < -0.39 is 5.91 Å². The number of hydrogen-bond acceptors (Lipinski definition) is 4. The monoisotopic (exact) mass is 372 g/mol. The van der Waals surface area contributed by atoms with Gasteiger partial charge < -0.3 is 9.67 Å². The molecule has 1 aromatic carbocycles. The van der Waals surface area contributed by atoms with Crippen LogP contribution in [0.3, 0.4) is 0 Å². The summed E-state index contributed by atoms with van der Waals surface area (Å²) in [7, 11) is 1.74. The SMILES string of the molecule is Cc1cc(Br)cc2c(N=NC(=O)c3cccnc3)c(O)n(C)c12. The van der Waals surface area contributed by atoms with Crippen LogP contribution in [0.15, 0.2) is 51.4 Å². The van der Waals surface area contributed by atoms with E-state index in [1.165, 1.54) is 6.20 Å². The molecule has 7 heteroatoms. The third-order valence-corrected chi connectivity index (χ3v) is 3.99. The highest BCUT2D eigenvalue weighted by Gasteiger charge is 2.17. The smallest absolute Gasteiger partial charge is 0.296 e. The molecule has 0 aliphatic rings. The Morgan fingerprint density at radius 3 is 2.87 bits per heavy atom. The minimum absolute atomic E-state index is 0.0380. The van der Waals surface area contributed by atoms with Crippen LogP contribution >= 0.6 is 15.9 Å². The maximum atomic E-state index is 12.0. The molecule has 0 unspecified atom stereocenters. The molecule has 0 saturated carbocycles. The minimum atomic E-state index is -0.513. The molecular formula is C16H13BrN4O2. The molecule has 0 saturated heterocycles. The van der Waals surface area contributed by atoms with Gasteiger partial charge in [0.1, 0.15) is 0 Å². The van der Waals surface area contributed by atoms with E-state index >= 15 is 0 Å². The maximum Gasteiger partial charge on any atom is 0.296 e. The van der Waals surface area contributed by atoms with Gasteiger partial charge in [0.2, 0.25) is 5.88 Å². The molecule has 2 aromatic heterocycles. The number of hydrogen-bond donors (Lipinski definition) is 1. The second-order valence-corrected chi connectivity index (χ2v) is 6.01. The molecule has 2 heterocycles. The van der Waals surface area contributed by atoms with E-state index in [4.69, 9.17) is 0 Å². The largest absolute Gasteiger partial charge is 0.493 e. The van der Waals surface area contributed by atoms with Crippen LogP contribution < -0.4 is 0 Å². The minimum Gasteiger partial charge on any atom is -0.493 e. The van der Waals surface area contributed by atoms with Gasteiger partial charge in [-0.05, 0) is 36.8 Å². The Labute approximate surface area is 140 Å². The number of amides is 1. The fraction of sp³-hybridized carbons (Fsp3) is 0.125. The number of fused-ring (bicyclic) bond motifs is 1. The zero-order valence-electron chi connectivity index (χ0n) is 12.5. The quantitative estimate of drug-likeness (QED) is 0.681. The molecule has 23 heavy (non-hydrogen) atoms. The molecule has 1 amide bonds. The molecule has 0 spiro atoms. The average Bonchev–Trinajstić information content (AvgIpc) is 2.77. The van der Waals surface area contributed by atoms with Crippen LogP contribution in [0.2, 0.25) is 0 Å². The lowest BCUT2D eigenvalue weighted by Crippen LogP contribution is -1.93. The molecule has 3 aromatic rings. The van der Waals surface area contributed by atoms with Crippen molar-refractivity contribution in [3.63, 3.8) is 0 Å². The first kappa shape index (κ1) is 15.4. The highest BCUT2D eigenvalue weighted by atomic mass is 79.9. The van der Waals surface area contributed by atoms with Crippen LogP contribution in [0, 0.1) is 6.92 Å². The van der Waals surface area contributed by atoms with Crippen LogP contribution in [-0.2, 0) is 7.05 Å². The summed E-state index contributed by atoms with van der Waals surface area (Å²) in [6.07, 6.45) is 3.00. The number of rotatable bonds is 2. The summed E-state index contributed by atoms with van der Waals surface area (Å²) >= 11 is 3.43. The molecule has 1 N–H and O–H groups in total. The van der Waals surface area contributed by atoms with Crippen molar-refractivity contribution in [2.24, 2.45) is 17.3 Å². The first-order valence-corrected chi connectivity index (χ1v) is 7.62. The Balaban J connectivity index is 2.09. The van der Waals surface area contributed by atoms with Gasteiger partial charge in [0, 0.05) is 29.3 Å². The van der Waals surface area contributed by atoms with Gasteiger partial charge in [0.05, 0.1) is 11.1 Å². The molecule has 0 aliphatic heterocycles. The van der Waals surface area contributed by atoms with E-state index in [0.717, 1.165) is 20.9 Å². The Morgan fingerprint density at radius 1 is 1.39 bits per heavy atom. The number of carbonyl (C=O) groups excluding carboxylic acids is 1. The van der Waals surface area contributed by atoms with Gasteiger partial charge in [0.15, 0.2) is 5.69 Å². The average molecular weight is 373 g/mol. The summed E-state index contributed by atoms with van der Waals surface area (Å²) < 4.78 is 2.49. The molecule has 116 valence electrons. The van der Waals surface area contributed by atoms with Gasteiger partial charge in [0.25, 0.3) is 5.91 Å². The number of nitrogens with zero attached hydrogens (tertiary/aromatic N) is 4. The molecule has 0 aliphatic carbocycles. The topological polar surface area (TPSA) is 79.8 Å².